The van der Waals surface area contributed by atoms with Crippen LogP contribution in [0.3, 0.4) is 0 Å². The highest BCUT2D eigenvalue weighted by Gasteiger charge is 2.38. The van der Waals surface area contributed by atoms with Gasteiger partial charge in [0.05, 0.1) is 11.5 Å². The molecule has 0 saturated carbocycles. The molecule has 1 heterocycles. The maximum absolute atomic E-state index is 12.8. The summed E-state index contributed by atoms with van der Waals surface area (Å²) in [7, 11) is 0. The molecule has 0 spiro atoms. The summed E-state index contributed by atoms with van der Waals surface area (Å²) in [5, 5.41) is 7.33. The maximum atomic E-state index is 12.8. The minimum Gasteiger partial charge on any atom is -0.349 e. The Kier molecular flexibility index (Phi) is 5.65. The van der Waals surface area contributed by atoms with Gasteiger partial charge < -0.3 is 10.6 Å². The second kappa shape index (κ2) is 7.28. The second-order valence-corrected chi connectivity index (χ2v) is 6.34. The zero-order valence-corrected chi connectivity index (χ0v) is 13.7. The zero-order chi connectivity index (χ0) is 15.3. The molecule has 2 rings (SSSR count). The molecule has 1 amide bonds. The number of nitrogens with one attached hydrogen (secondary N) is 2. The fourth-order valence-electron chi connectivity index (χ4n) is 3.05. The van der Waals surface area contributed by atoms with Crippen LogP contribution in [0, 0.1) is 5.41 Å². The zero-order valence-electron chi connectivity index (χ0n) is 12.9. The molecule has 1 aliphatic heterocycles. The lowest BCUT2D eigenvalue weighted by atomic mass is 9.77. The van der Waals surface area contributed by atoms with Gasteiger partial charge in [-0.15, -0.1) is 0 Å². The fourth-order valence-corrected chi connectivity index (χ4v) is 3.18. The van der Waals surface area contributed by atoms with Crippen molar-refractivity contribution in [3.8, 4) is 0 Å². The first-order chi connectivity index (χ1) is 10.1. The van der Waals surface area contributed by atoms with E-state index in [1.807, 2.05) is 24.3 Å². The Hall–Kier alpha value is -1.06. The summed E-state index contributed by atoms with van der Waals surface area (Å²) in [5.41, 5.74) is 0.864. The van der Waals surface area contributed by atoms with E-state index in [4.69, 9.17) is 11.6 Å². The summed E-state index contributed by atoms with van der Waals surface area (Å²) < 4.78 is 0. The first kappa shape index (κ1) is 16.3. The van der Waals surface area contributed by atoms with Gasteiger partial charge in [0.1, 0.15) is 0 Å². The van der Waals surface area contributed by atoms with Crippen LogP contribution < -0.4 is 10.6 Å². The van der Waals surface area contributed by atoms with Crippen molar-refractivity contribution in [3.05, 3.63) is 34.9 Å². The monoisotopic (exact) mass is 308 g/mol. The molecule has 0 radical (unpaired) electrons. The molecule has 0 aromatic heterocycles. The maximum Gasteiger partial charge on any atom is 0.227 e. The summed E-state index contributed by atoms with van der Waals surface area (Å²) in [6, 6.07) is 7.80. The highest BCUT2D eigenvalue weighted by atomic mass is 35.5. The molecule has 1 aliphatic rings. The summed E-state index contributed by atoms with van der Waals surface area (Å²) in [4.78, 5) is 12.8. The fraction of sp³-hybridized carbons (Fsp3) is 0.588. The first-order valence-corrected chi connectivity index (χ1v) is 8.26. The van der Waals surface area contributed by atoms with E-state index in [9.17, 15) is 4.79 Å². The predicted molar refractivity (Wildman–Crippen MR) is 87.5 cm³/mol. The van der Waals surface area contributed by atoms with Gasteiger partial charge in [-0.25, -0.2) is 0 Å². The minimum atomic E-state index is -0.252. The number of hydrogen-bond donors (Lipinski definition) is 2. The van der Waals surface area contributed by atoms with E-state index in [0.717, 1.165) is 49.4 Å². The van der Waals surface area contributed by atoms with Gasteiger partial charge in [0.2, 0.25) is 5.91 Å². The number of halogens is 1. The molecular weight excluding hydrogens is 284 g/mol. The SMILES string of the molecule is CCC(NC(=O)C1(CC)CCCNC1)c1ccc(Cl)cc1. The summed E-state index contributed by atoms with van der Waals surface area (Å²) >= 11 is 5.94. The van der Waals surface area contributed by atoms with Crippen molar-refractivity contribution in [3.63, 3.8) is 0 Å². The van der Waals surface area contributed by atoms with Crippen molar-refractivity contribution < 1.29 is 4.79 Å². The number of benzene rings is 1. The number of rotatable bonds is 5. The van der Waals surface area contributed by atoms with Crippen LogP contribution in [0.1, 0.15) is 51.1 Å². The predicted octanol–water partition coefficient (Wildman–Crippen LogP) is 3.69. The Morgan fingerprint density at radius 3 is 2.62 bits per heavy atom. The number of piperidine rings is 1. The van der Waals surface area contributed by atoms with Crippen LogP contribution in [0.5, 0.6) is 0 Å². The number of carbonyl (C=O) groups excluding carboxylic acids is 1. The van der Waals surface area contributed by atoms with Crippen LogP contribution >= 0.6 is 11.6 Å². The molecule has 2 atom stereocenters. The molecule has 2 N–H and O–H groups in total. The van der Waals surface area contributed by atoms with E-state index < -0.39 is 0 Å². The van der Waals surface area contributed by atoms with Crippen molar-refractivity contribution >= 4 is 17.5 Å². The molecule has 1 aromatic rings. The second-order valence-electron chi connectivity index (χ2n) is 5.90. The van der Waals surface area contributed by atoms with Crippen LogP contribution in [0.15, 0.2) is 24.3 Å². The normalized spacial score (nSPS) is 23.6. The topological polar surface area (TPSA) is 41.1 Å². The lowest BCUT2D eigenvalue weighted by molar-refractivity contribution is -0.133. The molecular formula is C17H25ClN2O. The Balaban J connectivity index is 2.10. The van der Waals surface area contributed by atoms with Crippen LogP contribution in [0.2, 0.25) is 5.02 Å². The van der Waals surface area contributed by atoms with Crippen molar-refractivity contribution in [2.45, 2.75) is 45.6 Å². The number of hydrogen-bond acceptors (Lipinski definition) is 2. The van der Waals surface area contributed by atoms with Gasteiger partial charge in [0.25, 0.3) is 0 Å². The Labute approximate surface area is 132 Å². The molecule has 4 heteroatoms. The molecule has 0 bridgehead atoms. The minimum absolute atomic E-state index is 0.0557. The highest BCUT2D eigenvalue weighted by Crippen LogP contribution is 2.31. The Morgan fingerprint density at radius 1 is 1.38 bits per heavy atom. The van der Waals surface area contributed by atoms with Crippen LogP contribution in [0.4, 0.5) is 0 Å². The Bertz CT molecular complexity index is 466. The summed E-state index contributed by atoms with van der Waals surface area (Å²) in [6.07, 6.45) is 3.79. The van der Waals surface area contributed by atoms with E-state index in [-0.39, 0.29) is 17.4 Å². The third kappa shape index (κ3) is 3.78. The lowest BCUT2D eigenvalue weighted by Gasteiger charge is -2.36. The average Bonchev–Trinajstić information content (AvgIpc) is 2.54. The largest absolute Gasteiger partial charge is 0.349 e. The van der Waals surface area contributed by atoms with Gasteiger partial charge in [0, 0.05) is 11.6 Å². The van der Waals surface area contributed by atoms with Gasteiger partial charge in [-0.3, -0.25) is 4.79 Å². The van der Waals surface area contributed by atoms with Crippen LogP contribution in [0.25, 0.3) is 0 Å². The standard InChI is InChI=1S/C17H25ClN2O/c1-3-15(13-6-8-14(18)9-7-13)20-16(21)17(4-2)10-5-11-19-12-17/h6-9,15,19H,3-5,10-12H2,1-2H3,(H,20,21). The van der Waals surface area contributed by atoms with Crippen molar-refractivity contribution in [2.24, 2.45) is 5.41 Å². The molecule has 21 heavy (non-hydrogen) atoms. The molecule has 1 saturated heterocycles. The third-order valence-corrected chi connectivity index (χ3v) is 4.87. The highest BCUT2D eigenvalue weighted by molar-refractivity contribution is 6.30. The Morgan fingerprint density at radius 2 is 2.10 bits per heavy atom. The van der Waals surface area contributed by atoms with Gasteiger partial charge in [-0.2, -0.15) is 0 Å². The van der Waals surface area contributed by atoms with Gasteiger partial charge >= 0.3 is 0 Å². The van der Waals surface area contributed by atoms with E-state index >= 15 is 0 Å². The van der Waals surface area contributed by atoms with E-state index in [1.54, 1.807) is 0 Å². The van der Waals surface area contributed by atoms with E-state index in [0.29, 0.717) is 0 Å². The molecule has 3 nitrogen and oxygen atoms in total. The molecule has 1 fully saturated rings. The molecule has 116 valence electrons. The van der Waals surface area contributed by atoms with E-state index in [2.05, 4.69) is 24.5 Å². The van der Waals surface area contributed by atoms with Crippen molar-refractivity contribution in [1.82, 2.24) is 10.6 Å². The lowest BCUT2D eigenvalue weighted by Crippen LogP contribution is -2.50. The van der Waals surface area contributed by atoms with Crippen LogP contribution in [-0.4, -0.2) is 19.0 Å². The average molecular weight is 309 g/mol. The van der Waals surface area contributed by atoms with E-state index in [1.165, 1.54) is 0 Å². The van der Waals surface area contributed by atoms with Crippen LogP contribution in [-0.2, 0) is 4.79 Å². The van der Waals surface area contributed by atoms with Gasteiger partial charge in [-0.05, 0) is 49.9 Å². The van der Waals surface area contributed by atoms with Crippen molar-refractivity contribution in [1.29, 1.82) is 0 Å². The molecule has 1 aromatic carbocycles. The summed E-state index contributed by atoms with van der Waals surface area (Å²) in [5.74, 6) is 0.180. The first-order valence-electron chi connectivity index (χ1n) is 7.88. The number of carbonyl (C=O) groups is 1. The van der Waals surface area contributed by atoms with Gasteiger partial charge in [0.15, 0.2) is 0 Å². The molecule has 0 aliphatic carbocycles. The van der Waals surface area contributed by atoms with Crippen molar-refractivity contribution in [2.75, 3.05) is 13.1 Å². The van der Waals surface area contributed by atoms with Gasteiger partial charge in [-0.1, -0.05) is 37.6 Å². The number of amides is 1. The quantitative estimate of drug-likeness (QED) is 0.871. The summed E-state index contributed by atoms with van der Waals surface area (Å²) in [6.45, 7) is 6.00. The smallest absolute Gasteiger partial charge is 0.227 e. The third-order valence-electron chi connectivity index (χ3n) is 4.62. The molecule has 2 unspecified atom stereocenters.